The highest BCUT2D eigenvalue weighted by molar-refractivity contribution is 7.67. The number of aromatic nitrogens is 4. The van der Waals surface area contributed by atoms with E-state index in [0.717, 1.165) is 38.5 Å². The number of allylic oxidation sites excluding steroid dienone is 1. The van der Waals surface area contributed by atoms with Gasteiger partial charge in [0, 0.05) is 12.0 Å². The van der Waals surface area contributed by atoms with Crippen LogP contribution in [0.25, 0.3) is 11.2 Å². The Hall–Kier alpha value is -1.70. The lowest BCUT2D eigenvalue weighted by Gasteiger charge is -2.22. The fourth-order valence-corrected chi connectivity index (χ4v) is 10.7. The maximum absolute atomic E-state index is 13.3. The summed E-state index contributed by atoms with van der Waals surface area (Å²) in [5.41, 5.74) is 7.10. The Labute approximate surface area is 326 Å². The summed E-state index contributed by atoms with van der Waals surface area (Å²) in [5.74, 6) is 0.324. The van der Waals surface area contributed by atoms with Crippen LogP contribution in [-0.2, 0) is 35.9 Å². The fourth-order valence-electron chi connectivity index (χ4n) is 6.50. The molecule has 1 saturated carbocycles. The predicted octanol–water partition coefficient (Wildman–Crippen LogP) is 10.6. The van der Waals surface area contributed by atoms with E-state index in [1.54, 1.807) is 12.4 Å². The van der Waals surface area contributed by atoms with E-state index in [-0.39, 0.29) is 37.7 Å². The fraction of sp³-hybridized carbons (Fsp3) is 0.806. The van der Waals surface area contributed by atoms with Crippen LogP contribution in [0.2, 0.25) is 0 Å². The molecule has 5 atom stereocenters. The van der Waals surface area contributed by atoms with Crippen LogP contribution in [0.4, 0.5) is 11.8 Å². The van der Waals surface area contributed by atoms with Crippen LogP contribution in [0.15, 0.2) is 18.5 Å². The Balaban J connectivity index is 1.13. The molecule has 2 aliphatic carbocycles. The molecule has 0 radical (unpaired) electrons. The normalized spacial score (nSPS) is 20.4. The van der Waals surface area contributed by atoms with Crippen LogP contribution in [0, 0.1) is 5.92 Å². The first-order chi connectivity index (χ1) is 26.4. The third-order valence-electron chi connectivity index (χ3n) is 9.72. The number of nitrogens with one attached hydrogen (secondary N) is 1. The highest BCUT2D eigenvalue weighted by Crippen LogP contribution is 2.69. The molecule has 4 rings (SSSR count). The van der Waals surface area contributed by atoms with Gasteiger partial charge in [0.25, 0.3) is 0 Å². The third kappa shape index (κ3) is 17.4. The van der Waals surface area contributed by atoms with Crippen LogP contribution < -0.4 is 11.1 Å². The van der Waals surface area contributed by atoms with E-state index in [9.17, 15) is 23.5 Å². The van der Waals surface area contributed by atoms with Gasteiger partial charge in [0.1, 0.15) is 0 Å². The van der Waals surface area contributed by atoms with E-state index in [4.69, 9.17) is 23.6 Å². The first-order valence-electron chi connectivity index (χ1n) is 20.5. The van der Waals surface area contributed by atoms with Gasteiger partial charge in [-0.05, 0) is 32.1 Å². The highest BCUT2D eigenvalue weighted by Gasteiger charge is 2.44. The Morgan fingerprint density at radius 1 is 0.745 bits per heavy atom. The molecule has 19 heteroatoms. The van der Waals surface area contributed by atoms with Crippen LogP contribution in [0.1, 0.15) is 155 Å². The molecule has 5 N–H and O–H groups in total. The molecule has 2 heterocycles. The molecule has 314 valence electrons. The summed E-state index contributed by atoms with van der Waals surface area (Å²) >= 11 is 0. The van der Waals surface area contributed by atoms with Crippen LogP contribution in [0.5, 0.6) is 0 Å². The number of phosphoric ester groups is 2. The number of hydrogen-bond acceptors (Lipinski definition) is 13. The van der Waals surface area contributed by atoms with E-state index in [1.165, 1.54) is 70.6 Å². The number of unbranched alkanes of at least 4 members (excludes halogenated alkanes) is 16. The van der Waals surface area contributed by atoms with Gasteiger partial charge in [-0.25, -0.2) is 18.7 Å². The van der Waals surface area contributed by atoms with Gasteiger partial charge in [0.15, 0.2) is 17.0 Å². The van der Waals surface area contributed by atoms with E-state index < -0.39 is 23.5 Å². The quantitative estimate of drug-likeness (QED) is 0.0306. The van der Waals surface area contributed by atoms with Crippen LogP contribution in [-0.4, -0.2) is 55.2 Å². The number of fused-ring (bicyclic) bond motifs is 1. The lowest BCUT2D eigenvalue weighted by atomic mass is 10.0. The van der Waals surface area contributed by atoms with Crippen molar-refractivity contribution in [2.45, 2.75) is 161 Å². The number of phosphoric acid groups is 3. The maximum Gasteiger partial charge on any atom is 0.490 e. The molecule has 0 bridgehead atoms. The van der Waals surface area contributed by atoms with Crippen molar-refractivity contribution in [3.05, 3.63) is 18.5 Å². The molecule has 0 aromatic carbocycles. The molecule has 55 heavy (non-hydrogen) atoms. The number of hydrogen-bond donors (Lipinski definition) is 4. The van der Waals surface area contributed by atoms with Crippen molar-refractivity contribution >= 4 is 46.4 Å². The monoisotopic (exact) mass is 834 g/mol. The minimum atomic E-state index is -5.45. The second kappa shape index (κ2) is 23.6. The Morgan fingerprint density at radius 3 is 1.89 bits per heavy atom. The number of imidazole rings is 1. The lowest BCUT2D eigenvalue weighted by Crippen LogP contribution is -2.11. The average Bonchev–Trinajstić information content (AvgIpc) is 3.63. The van der Waals surface area contributed by atoms with Crippen molar-refractivity contribution in [1.82, 2.24) is 19.5 Å². The molecule has 0 amide bonds. The van der Waals surface area contributed by atoms with Gasteiger partial charge in [0.2, 0.25) is 5.95 Å². The van der Waals surface area contributed by atoms with Crippen molar-refractivity contribution in [1.29, 1.82) is 0 Å². The molecule has 2 aromatic heterocycles. The van der Waals surface area contributed by atoms with Crippen molar-refractivity contribution in [2.75, 3.05) is 30.9 Å². The zero-order valence-corrected chi connectivity index (χ0v) is 35.5. The number of anilines is 2. The highest BCUT2D eigenvalue weighted by atomic mass is 31.3. The van der Waals surface area contributed by atoms with Gasteiger partial charge in [-0.15, -0.1) is 0 Å². The second-order valence-electron chi connectivity index (χ2n) is 14.8. The molecule has 3 unspecified atom stereocenters. The minimum absolute atomic E-state index is 0.0481. The summed E-state index contributed by atoms with van der Waals surface area (Å²) in [6, 6.07) is 0.124. The van der Waals surface area contributed by atoms with E-state index in [2.05, 4.69) is 31.5 Å². The van der Waals surface area contributed by atoms with Crippen molar-refractivity contribution in [3.63, 3.8) is 0 Å². The van der Waals surface area contributed by atoms with Gasteiger partial charge in [-0.1, -0.05) is 129 Å². The zero-order valence-electron chi connectivity index (χ0n) is 32.8. The van der Waals surface area contributed by atoms with E-state index >= 15 is 0 Å². The molecule has 0 spiro atoms. The Kier molecular flexibility index (Phi) is 19.8. The Bertz CT molecular complexity index is 1610. The molecule has 2 aromatic rings. The van der Waals surface area contributed by atoms with Crippen molar-refractivity contribution in [3.8, 4) is 0 Å². The lowest BCUT2D eigenvalue weighted by molar-refractivity contribution is 0.128. The van der Waals surface area contributed by atoms with Crippen molar-refractivity contribution < 1.29 is 45.7 Å². The average molecular weight is 835 g/mol. The SMILES string of the molecule is CCCCCCCCCCCCCCCCCCOP(=O)(OCCCC)OP(=O)(O)OP(=O)(O)OC[C@@H]1C=C[C@H](n2cnc3c(NC4CC4)nc(N)nc32)C1. The first kappa shape index (κ1) is 46.0. The maximum atomic E-state index is 13.3. The van der Waals surface area contributed by atoms with Gasteiger partial charge in [0.05, 0.1) is 32.2 Å². The zero-order chi connectivity index (χ0) is 39.6. The molecule has 2 aliphatic rings. The molecule has 1 fully saturated rings. The first-order valence-corrected chi connectivity index (χ1v) is 24.9. The van der Waals surface area contributed by atoms with E-state index in [0.29, 0.717) is 48.7 Å². The number of nitrogens with zero attached hydrogens (tertiary/aromatic N) is 4. The number of nitrogen functional groups attached to an aromatic ring is 1. The summed E-state index contributed by atoms with van der Waals surface area (Å²) in [6.07, 6.45) is 28.2. The second-order valence-corrected chi connectivity index (χ2v) is 19.6. The molecule has 0 saturated heterocycles. The van der Waals surface area contributed by atoms with Crippen LogP contribution in [0.3, 0.4) is 0 Å². The number of rotatable bonds is 32. The molecular formula is C36H65N6O10P3. The summed E-state index contributed by atoms with van der Waals surface area (Å²) in [6.45, 7) is 3.70. The Morgan fingerprint density at radius 2 is 1.31 bits per heavy atom. The summed E-state index contributed by atoms with van der Waals surface area (Å²) in [7, 11) is -15.2. The summed E-state index contributed by atoms with van der Waals surface area (Å²) in [4.78, 5) is 33.8. The molecule has 16 nitrogen and oxygen atoms in total. The third-order valence-corrected chi connectivity index (χ3v) is 14.5. The summed E-state index contributed by atoms with van der Waals surface area (Å²) < 4.78 is 65.7. The topological polar surface area (TPSA) is 219 Å². The molecule has 0 aliphatic heterocycles. The van der Waals surface area contributed by atoms with Crippen LogP contribution >= 0.6 is 23.5 Å². The van der Waals surface area contributed by atoms with Gasteiger partial charge >= 0.3 is 23.5 Å². The number of nitrogens with two attached hydrogens (primary N) is 1. The predicted molar refractivity (Wildman–Crippen MR) is 214 cm³/mol. The largest absolute Gasteiger partial charge is 0.490 e. The van der Waals surface area contributed by atoms with Gasteiger partial charge in [-0.2, -0.15) is 18.6 Å². The van der Waals surface area contributed by atoms with Crippen molar-refractivity contribution in [2.24, 2.45) is 5.92 Å². The summed E-state index contributed by atoms with van der Waals surface area (Å²) in [5, 5.41) is 3.32. The van der Waals surface area contributed by atoms with Gasteiger partial charge < -0.3 is 25.4 Å². The smallest absolute Gasteiger partial charge is 0.368 e. The molecular weight excluding hydrogens is 769 g/mol. The van der Waals surface area contributed by atoms with Gasteiger partial charge in [-0.3, -0.25) is 13.6 Å². The van der Waals surface area contributed by atoms with E-state index in [1.807, 2.05) is 17.6 Å². The standard InChI is InChI=1S/C36H65N6O10P3/c1-3-5-7-8-9-10-11-12-13-14-15-16-17-18-19-20-26-49-55(47,48-25-6-4-2)52-54(45,46)51-53(43,44)50-28-30-21-24-32(27-30)42-29-38-33-34(39-31-22-23-31)40-36(37)41-35(33)42/h21,24,29-32H,3-20,22-23,25-28H2,1-2H3,(H,43,44)(H,45,46)(H3,37,39,40,41)/t30-,32+,55?/m1/s1. The minimum Gasteiger partial charge on any atom is -0.368 e.